The molecular weight excluding hydrogens is 256 g/mol. The van der Waals surface area contributed by atoms with Crippen molar-refractivity contribution in [3.63, 3.8) is 0 Å². The number of aromatic nitrogens is 2. The van der Waals surface area contributed by atoms with Gasteiger partial charge in [0.1, 0.15) is 5.60 Å². The van der Waals surface area contributed by atoms with Gasteiger partial charge < -0.3 is 16.2 Å². The Morgan fingerprint density at radius 1 is 1.45 bits per heavy atom. The lowest BCUT2D eigenvalue weighted by Crippen LogP contribution is -2.33. The van der Waals surface area contributed by atoms with E-state index in [-0.39, 0.29) is 6.04 Å². The molecular formula is C14H22N4O2. The Labute approximate surface area is 118 Å². The van der Waals surface area contributed by atoms with Crippen molar-refractivity contribution in [1.82, 2.24) is 9.97 Å². The monoisotopic (exact) mass is 278 g/mol. The number of rotatable bonds is 5. The minimum absolute atomic E-state index is 0.0276. The van der Waals surface area contributed by atoms with E-state index in [0.29, 0.717) is 12.3 Å². The van der Waals surface area contributed by atoms with Gasteiger partial charge in [-0.3, -0.25) is 9.97 Å². The van der Waals surface area contributed by atoms with Gasteiger partial charge in [0.15, 0.2) is 0 Å². The number of hydrogen-bond acceptors (Lipinski definition) is 5. The summed E-state index contributed by atoms with van der Waals surface area (Å²) in [6.07, 6.45) is 6.68. The third kappa shape index (κ3) is 3.66. The Balaban J connectivity index is 1.99. The Bertz CT molecular complexity index is 469. The molecule has 0 spiro atoms. The topological polar surface area (TPSA) is 104 Å². The van der Waals surface area contributed by atoms with E-state index in [4.69, 9.17) is 16.2 Å². The molecule has 0 aliphatic heterocycles. The molecule has 1 unspecified atom stereocenters. The van der Waals surface area contributed by atoms with Gasteiger partial charge in [-0.25, -0.2) is 4.79 Å². The summed E-state index contributed by atoms with van der Waals surface area (Å²) in [5.74, 6) is 0.532. The Kier molecular flexibility index (Phi) is 4.23. The summed E-state index contributed by atoms with van der Waals surface area (Å²) in [5.41, 5.74) is 12.1. The first-order chi connectivity index (χ1) is 9.37. The third-order valence-corrected chi connectivity index (χ3v) is 3.71. The van der Waals surface area contributed by atoms with Crippen molar-refractivity contribution in [2.45, 2.75) is 51.2 Å². The second-order valence-electron chi connectivity index (χ2n) is 6.01. The molecule has 0 saturated heterocycles. The zero-order valence-electron chi connectivity index (χ0n) is 12.0. The van der Waals surface area contributed by atoms with Crippen LogP contribution in [0.3, 0.4) is 0 Å². The molecule has 1 aromatic heterocycles. The molecule has 20 heavy (non-hydrogen) atoms. The number of carbonyl (C=O) groups is 1. The van der Waals surface area contributed by atoms with Crippen LogP contribution in [0.15, 0.2) is 12.4 Å². The fourth-order valence-corrected chi connectivity index (χ4v) is 2.41. The molecule has 110 valence electrons. The van der Waals surface area contributed by atoms with Gasteiger partial charge in [0.05, 0.1) is 23.6 Å². The van der Waals surface area contributed by atoms with Crippen molar-refractivity contribution in [3.8, 4) is 0 Å². The van der Waals surface area contributed by atoms with Crippen LogP contribution >= 0.6 is 0 Å². The van der Waals surface area contributed by atoms with Gasteiger partial charge >= 0.3 is 6.09 Å². The fourth-order valence-electron chi connectivity index (χ4n) is 2.41. The molecule has 1 aliphatic carbocycles. The lowest BCUT2D eigenvalue weighted by molar-refractivity contribution is 0.0453. The Morgan fingerprint density at radius 2 is 2.15 bits per heavy atom. The maximum absolute atomic E-state index is 10.8. The van der Waals surface area contributed by atoms with E-state index in [1.807, 2.05) is 0 Å². The molecule has 2 rings (SSSR count). The number of hydrogen-bond donors (Lipinski definition) is 2. The van der Waals surface area contributed by atoms with Crippen molar-refractivity contribution >= 4 is 6.09 Å². The second kappa shape index (κ2) is 5.75. The standard InChI is InChI=1S/C14H22N4O2/c1-14(2,20-13(16)19)6-10-7-18-11(8-17-10)12(15)9-4-3-5-9/h7-9,12H,3-6,15H2,1-2H3,(H2,16,19). The smallest absolute Gasteiger partial charge is 0.405 e. The van der Waals surface area contributed by atoms with Gasteiger partial charge in [-0.15, -0.1) is 0 Å². The van der Waals surface area contributed by atoms with Crippen LogP contribution in [0.1, 0.15) is 50.5 Å². The van der Waals surface area contributed by atoms with Crippen LogP contribution in [0.25, 0.3) is 0 Å². The SMILES string of the molecule is CC(C)(Cc1cnc(C(N)C2CCC2)cn1)OC(N)=O. The summed E-state index contributed by atoms with van der Waals surface area (Å²) >= 11 is 0. The van der Waals surface area contributed by atoms with E-state index in [1.54, 1.807) is 26.2 Å². The van der Waals surface area contributed by atoms with Crippen LogP contribution < -0.4 is 11.5 Å². The van der Waals surface area contributed by atoms with Crippen LogP contribution in [-0.2, 0) is 11.2 Å². The largest absolute Gasteiger partial charge is 0.443 e. The molecule has 4 N–H and O–H groups in total. The van der Waals surface area contributed by atoms with Crippen LogP contribution in [0, 0.1) is 5.92 Å². The van der Waals surface area contributed by atoms with Crippen LogP contribution in [0.2, 0.25) is 0 Å². The first-order valence-corrected chi connectivity index (χ1v) is 6.92. The van der Waals surface area contributed by atoms with Crippen molar-refractivity contribution in [3.05, 3.63) is 23.8 Å². The maximum Gasteiger partial charge on any atom is 0.405 e. The Morgan fingerprint density at radius 3 is 2.60 bits per heavy atom. The van der Waals surface area contributed by atoms with Crippen LogP contribution in [-0.4, -0.2) is 21.7 Å². The molecule has 1 fully saturated rings. The fraction of sp³-hybridized carbons (Fsp3) is 0.643. The summed E-state index contributed by atoms with van der Waals surface area (Å²) in [5, 5.41) is 0. The van der Waals surface area contributed by atoms with E-state index in [9.17, 15) is 4.79 Å². The van der Waals surface area contributed by atoms with E-state index >= 15 is 0 Å². The predicted octanol–water partition coefficient (Wildman–Crippen LogP) is 1.69. The van der Waals surface area contributed by atoms with Gasteiger partial charge in [-0.05, 0) is 32.6 Å². The number of amides is 1. The molecule has 1 aromatic rings. The average Bonchev–Trinajstić information content (AvgIpc) is 2.24. The number of ether oxygens (including phenoxy) is 1. The number of nitrogens with zero attached hydrogens (tertiary/aromatic N) is 2. The zero-order chi connectivity index (χ0) is 14.8. The van der Waals surface area contributed by atoms with E-state index < -0.39 is 11.7 Å². The molecule has 0 radical (unpaired) electrons. The number of primary amides is 1. The first kappa shape index (κ1) is 14.7. The average molecular weight is 278 g/mol. The molecule has 1 saturated carbocycles. The minimum atomic E-state index is -0.786. The van der Waals surface area contributed by atoms with E-state index in [0.717, 1.165) is 11.4 Å². The van der Waals surface area contributed by atoms with Gasteiger partial charge in [0.25, 0.3) is 0 Å². The Hall–Kier alpha value is -1.69. The highest BCUT2D eigenvalue weighted by atomic mass is 16.6. The zero-order valence-corrected chi connectivity index (χ0v) is 12.0. The number of nitrogens with two attached hydrogens (primary N) is 2. The summed E-state index contributed by atoms with van der Waals surface area (Å²) in [7, 11) is 0. The van der Waals surface area contributed by atoms with Gasteiger partial charge in [0.2, 0.25) is 0 Å². The van der Waals surface area contributed by atoms with Gasteiger partial charge in [-0.1, -0.05) is 6.42 Å². The quantitative estimate of drug-likeness (QED) is 0.853. The van der Waals surface area contributed by atoms with Crippen molar-refractivity contribution < 1.29 is 9.53 Å². The van der Waals surface area contributed by atoms with Crippen molar-refractivity contribution in [2.24, 2.45) is 17.4 Å². The van der Waals surface area contributed by atoms with Crippen molar-refractivity contribution in [2.75, 3.05) is 0 Å². The maximum atomic E-state index is 10.8. The van der Waals surface area contributed by atoms with E-state index in [2.05, 4.69) is 9.97 Å². The van der Waals surface area contributed by atoms with Crippen LogP contribution in [0.4, 0.5) is 4.79 Å². The third-order valence-electron chi connectivity index (χ3n) is 3.71. The summed E-state index contributed by atoms with van der Waals surface area (Å²) in [6.45, 7) is 3.57. The van der Waals surface area contributed by atoms with E-state index in [1.165, 1.54) is 19.3 Å². The molecule has 1 atom stereocenters. The van der Waals surface area contributed by atoms with Gasteiger partial charge in [-0.2, -0.15) is 0 Å². The van der Waals surface area contributed by atoms with Crippen LogP contribution in [0.5, 0.6) is 0 Å². The summed E-state index contributed by atoms with van der Waals surface area (Å²) in [4.78, 5) is 19.6. The summed E-state index contributed by atoms with van der Waals surface area (Å²) < 4.78 is 5.03. The molecule has 1 amide bonds. The van der Waals surface area contributed by atoms with Gasteiger partial charge in [0, 0.05) is 12.6 Å². The minimum Gasteiger partial charge on any atom is -0.443 e. The normalized spacial score (nSPS) is 17.4. The molecule has 1 aliphatic rings. The molecule has 6 heteroatoms. The molecule has 6 nitrogen and oxygen atoms in total. The van der Waals surface area contributed by atoms with Crippen molar-refractivity contribution in [1.29, 1.82) is 0 Å². The number of carbonyl (C=O) groups excluding carboxylic acids is 1. The highest BCUT2D eigenvalue weighted by Gasteiger charge is 2.27. The lowest BCUT2D eigenvalue weighted by atomic mass is 9.79. The first-order valence-electron chi connectivity index (χ1n) is 6.92. The lowest BCUT2D eigenvalue weighted by Gasteiger charge is -2.30. The highest BCUT2D eigenvalue weighted by Crippen LogP contribution is 2.35. The highest BCUT2D eigenvalue weighted by molar-refractivity contribution is 5.65. The predicted molar refractivity (Wildman–Crippen MR) is 74.8 cm³/mol. The molecule has 0 bridgehead atoms. The summed E-state index contributed by atoms with van der Waals surface area (Å²) in [6, 6.07) is -0.0276. The molecule has 1 heterocycles. The second-order valence-corrected chi connectivity index (χ2v) is 6.01. The molecule has 0 aromatic carbocycles.